The highest BCUT2D eigenvalue weighted by atomic mass is 16.3. The molecule has 50 heavy (non-hydrogen) atoms. The van der Waals surface area contributed by atoms with Crippen LogP contribution in [0.1, 0.15) is 0 Å². The summed E-state index contributed by atoms with van der Waals surface area (Å²) >= 11 is 0. The Morgan fingerprint density at radius 1 is 0.380 bits per heavy atom. The van der Waals surface area contributed by atoms with E-state index < -0.39 is 0 Å². The van der Waals surface area contributed by atoms with Gasteiger partial charge in [0.25, 0.3) is 0 Å². The molecule has 0 bridgehead atoms. The molecule has 5 nitrogen and oxygen atoms in total. The van der Waals surface area contributed by atoms with Crippen LogP contribution >= 0.6 is 0 Å². The largest absolute Gasteiger partial charge is 0.456 e. The van der Waals surface area contributed by atoms with E-state index in [-0.39, 0.29) is 0 Å². The monoisotopic (exact) mass is 640 g/mol. The molecule has 0 fully saturated rings. The van der Waals surface area contributed by atoms with Crippen molar-refractivity contribution in [3.63, 3.8) is 0 Å². The van der Waals surface area contributed by atoms with E-state index in [2.05, 4.69) is 102 Å². The van der Waals surface area contributed by atoms with Gasteiger partial charge in [-0.25, -0.2) is 15.0 Å². The predicted octanol–water partition coefficient (Wildman–Crippen LogP) is 11.5. The molecule has 0 aliphatic heterocycles. The lowest BCUT2D eigenvalue weighted by Gasteiger charge is -2.14. The molecule has 0 spiro atoms. The lowest BCUT2D eigenvalue weighted by atomic mass is 9.99. The van der Waals surface area contributed by atoms with Gasteiger partial charge < -0.3 is 8.98 Å². The topological polar surface area (TPSA) is 56.7 Å². The quantitative estimate of drug-likeness (QED) is 0.188. The zero-order valence-electron chi connectivity index (χ0n) is 26.9. The summed E-state index contributed by atoms with van der Waals surface area (Å²) in [6, 6.07) is 58.6. The van der Waals surface area contributed by atoms with Crippen molar-refractivity contribution in [1.82, 2.24) is 19.5 Å². The number of nitrogens with zero attached hydrogens (tertiary/aromatic N) is 4. The van der Waals surface area contributed by atoms with Crippen LogP contribution in [0.4, 0.5) is 0 Å². The third-order valence-corrected chi connectivity index (χ3v) is 9.47. The van der Waals surface area contributed by atoms with Gasteiger partial charge in [0.1, 0.15) is 11.2 Å². The van der Waals surface area contributed by atoms with Gasteiger partial charge in [0.05, 0.1) is 16.7 Å². The summed E-state index contributed by atoms with van der Waals surface area (Å²) in [5.41, 5.74) is 10.1. The van der Waals surface area contributed by atoms with Crippen molar-refractivity contribution in [2.75, 3.05) is 0 Å². The van der Waals surface area contributed by atoms with Crippen LogP contribution in [0.5, 0.6) is 0 Å². The molecule has 0 N–H and O–H groups in total. The molecule has 0 unspecified atom stereocenters. The van der Waals surface area contributed by atoms with Crippen molar-refractivity contribution in [3.8, 4) is 51.0 Å². The average Bonchev–Trinajstić information content (AvgIpc) is 3.74. The smallest absolute Gasteiger partial charge is 0.164 e. The van der Waals surface area contributed by atoms with Crippen LogP contribution in [0.25, 0.3) is 94.7 Å². The molecule has 0 atom stereocenters. The van der Waals surface area contributed by atoms with Gasteiger partial charge in [0.2, 0.25) is 0 Å². The molecular weight excluding hydrogens is 613 g/mol. The second kappa shape index (κ2) is 11.4. The van der Waals surface area contributed by atoms with Gasteiger partial charge in [-0.2, -0.15) is 0 Å². The van der Waals surface area contributed by atoms with Gasteiger partial charge >= 0.3 is 0 Å². The highest BCUT2D eigenvalue weighted by molar-refractivity contribution is 6.13. The van der Waals surface area contributed by atoms with Crippen LogP contribution in [-0.4, -0.2) is 19.5 Å². The first-order valence-corrected chi connectivity index (χ1v) is 16.7. The maximum atomic E-state index is 6.48. The van der Waals surface area contributed by atoms with Gasteiger partial charge in [-0.1, -0.05) is 133 Å². The molecule has 7 aromatic carbocycles. The van der Waals surface area contributed by atoms with Crippen LogP contribution in [0.2, 0.25) is 0 Å². The fraction of sp³-hybridized carbons (Fsp3) is 0. The number of para-hydroxylation sites is 3. The van der Waals surface area contributed by atoms with Crippen molar-refractivity contribution >= 4 is 43.7 Å². The lowest BCUT2D eigenvalue weighted by molar-refractivity contribution is 0.669. The second-order valence-corrected chi connectivity index (χ2v) is 12.4. The van der Waals surface area contributed by atoms with Crippen molar-refractivity contribution in [2.45, 2.75) is 0 Å². The summed E-state index contributed by atoms with van der Waals surface area (Å²) in [5.74, 6) is 1.85. The fourth-order valence-corrected chi connectivity index (χ4v) is 7.20. The second-order valence-electron chi connectivity index (χ2n) is 12.4. The van der Waals surface area contributed by atoms with Crippen LogP contribution in [-0.2, 0) is 0 Å². The van der Waals surface area contributed by atoms with E-state index in [9.17, 15) is 0 Å². The molecule has 0 saturated heterocycles. The minimum absolute atomic E-state index is 0.599. The van der Waals surface area contributed by atoms with Crippen molar-refractivity contribution in [3.05, 3.63) is 170 Å². The van der Waals surface area contributed by atoms with Crippen LogP contribution in [0, 0.1) is 0 Å². The molecule has 0 saturated carbocycles. The molecule has 0 aliphatic carbocycles. The summed E-state index contributed by atoms with van der Waals surface area (Å²) in [6.45, 7) is 0. The van der Waals surface area contributed by atoms with Gasteiger partial charge in [0.15, 0.2) is 17.5 Å². The van der Waals surface area contributed by atoms with E-state index in [4.69, 9.17) is 19.4 Å². The highest BCUT2D eigenvalue weighted by Crippen LogP contribution is 2.41. The molecular formula is C45H28N4O. The summed E-state index contributed by atoms with van der Waals surface area (Å²) < 4.78 is 8.86. The van der Waals surface area contributed by atoms with Crippen molar-refractivity contribution in [2.24, 2.45) is 0 Å². The number of rotatable bonds is 5. The zero-order valence-corrected chi connectivity index (χ0v) is 26.9. The molecule has 0 amide bonds. The predicted molar refractivity (Wildman–Crippen MR) is 203 cm³/mol. The zero-order chi connectivity index (χ0) is 33.0. The van der Waals surface area contributed by atoms with E-state index in [1.165, 1.54) is 21.8 Å². The van der Waals surface area contributed by atoms with E-state index in [0.717, 1.165) is 55.4 Å². The molecule has 10 aromatic rings. The van der Waals surface area contributed by atoms with Crippen LogP contribution in [0.3, 0.4) is 0 Å². The van der Waals surface area contributed by atoms with Crippen LogP contribution < -0.4 is 0 Å². The summed E-state index contributed by atoms with van der Waals surface area (Å²) in [7, 11) is 0. The van der Waals surface area contributed by atoms with Gasteiger partial charge in [-0.15, -0.1) is 0 Å². The summed E-state index contributed by atoms with van der Waals surface area (Å²) in [5, 5.41) is 4.46. The summed E-state index contributed by atoms with van der Waals surface area (Å²) in [4.78, 5) is 15.0. The van der Waals surface area contributed by atoms with E-state index >= 15 is 0 Å². The van der Waals surface area contributed by atoms with E-state index in [1.807, 2.05) is 72.8 Å². The Labute approximate surface area is 287 Å². The average molecular weight is 641 g/mol. The van der Waals surface area contributed by atoms with Crippen molar-refractivity contribution in [1.29, 1.82) is 0 Å². The molecule has 0 radical (unpaired) electrons. The van der Waals surface area contributed by atoms with Crippen LogP contribution in [0.15, 0.2) is 174 Å². The Hall–Kier alpha value is -6.85. The Balaban J connectivity index is 1.20. The maximum Gasteiger partial charge on any atom is 0.164 e. The van der Waals surface area contributed by atoms with Gasteiger partial charge in [0, 0.05) is 43.8 Å². The van der Waals surface area contributed by atoms with Crippen molar-refractivity contribution < 1.29 is 4.42 Å². The lowest BCUT2D eigenvalue weighted by Crippen LogP contribution is -2.00. The third kappa shape index (κ3) is 4.52. The number of benzene rings is 7. The first-order valence-electron chi connectivity index (χ1n) is 16.7. The molecule has 3 heterocycles. The van der Waals surface area contributed by atoms with E-state index in [0.29, 0.717) is 17.5 Å². The normalized spacial score (nSPS) is 11.6. The standard InChI is InChI=1S/C45H28N4O/c1-3-14-29(15-4-1)43-46-44(30-16-5-2-6-17-30)48-45(47-43)35-21-13-25-41-42(35)36-28-31(26-27-40(36)50-41)32-18-7-10-22-37(32)49-38-23-11-8-19-33(38)34-20-9-12-24-39(34)49/h1-28H. The Bertz CT molecular complexity index is 2760. The number of hydrogen-bond acceptors (Lipinski definition) is 4. The Morgan fingerprint density at radius 2 is 0.940 bits per heavy atom. The minimum atomic E-state index is 0.599. The maximum absolute atomic E-state index is 6.48. The molecule has 5 heteroatoms. The minimum Gasteiger partial charge on any atom is -0.456 e. The molecule has 234 valence electrons. The highest BCUT2D eigenvalue weighted by Gasteiger charge is 2.20. The first kappa shape index (κ1) is 28.2. The molecule has 0 aliphatic rings. The first-order chi connectivity index (χ1) is 24.8. The number of hydrogen-bond donors (Lipinski definition) is 0. The number of aromatic nitrogens is 4. The number of fused-ring (bicyclic) bond motifs is 6. The molecule has 10 rings (SSSR count). The van der Waals surface area contributed by atoms with Gasteiger partial charge in [-0.3, -0.25) is 0 Å². The number of furan rings is 1. The Morgan fingerprint density at radius 3 is 1.62 bits per heavy atom. The van der Waals surface area contributed by atoms with Gasteiger partial charge in [-0.05, 0) is 42.0 Å². The fourth-order valence-electron chi connectivity index (χ4n) is 7.20. The third-order valence-electron chi connectivity index (χ3n) is 9.47. The SMILES string of the molecule is c1ccc(-c2nc(-c3ccccc3)nc(-c3cccc4oc5ccc(-c6ccccc6-n6c7ccccc7c7ccccc76)cc5c34)n2)cc1. The Kier molecular flexibility index (Phi) is 6.42. The summed E-state index contributed by atoms with van der Waals surface area (Å²) in [6.07, 6.45) is 0. The van der Waals surface area contributed by atoms with E-state index in [1.54, 1.807) is 0 Å². The molecule has 3 aromatic heterocycles.